The molecule has 3 aromatic rings. The highest BCUT2D eigenvalue weighted by Crippen LogP contribution is 2.27. The average molecular weight is 560 g/mol. The quantitative estimate of drug-likeness (QED) is 0.188. The third-order valence-electron chi connectivity index (χ3n) is 4.34. The van der Waals surface area contributed by atoms with Gasteiger partial charge in [-0.25, -0.2) is 10.2 Å². The van der Waals surface area contributed by atoms with Gasteiger partial charge in [-0.3, -0.25) is 10.1 Å². The molecule has 3 rings (SSSR count). The van der Waals surface area contributed by atoms with E-state index in [0.29, 0.717) is 15.6 Å². The lowest BCUT2D eigenvalue weighted by atomic mass is 10.0. The molecule has 0 aromatic heterocycles. The van der Waals surface area contributed by atoms with Crippen molar-refractivity contribution < 1.29 is 35.4 Å². The Bertz CT molecular complexity index is 1390. The van der Waals surface area contributed by atoms with E-state index in [4.69, 9.17) is 23.2 Å². The van der Waals surface area contributed by atoms with Crippen LogP contribution in [0, 0.1) is 0 Å². The first-order valence-corrected chi connectivity index (χ1v) is 11.8. The van der Waals surface area contributed by atoms with Gasteiger partial charge in [0.05, 0.1) is 5.71 Å². The third kappa shape index (κ3) is 6.97. The molecule has 0 aliphatic heterocycles. The molecular formula is C22H14Cl2F3N3O5S. The van der Waals surface area contributed by atoms with E-state index in [1.54, 1.807) is 12.1 Å². The van der Waals surface area contributed by atoms with Crippen LogP contribution in [0.2, 0.25) is 10.0 Å². The van der Waals surface area contributed by atoms with Crippen LogP contribution in [0.1, 0.15) is 21.5 Å². The van der Waals surface area contributed by atoms with Gasteiger partial charge in [0.1, 0.15) is 5.75 Å². The van der Waals surface area contributed by atoms with Gasteiger partial charge in [0.2, 0.25) is 0 Å². The van der Waals surface area contributed by atoms with Crippen molar-refractivity contribution >= 4 is 51.0 Å². The van der Waals surface area contributed by atoms with E-state index in [1.807, 2.05) is 0 Å². The normalized spacial score (nSPS) is 12.1. The molecule has 3 aromatic carbocycles. The van der Waals surface area contributed by atoms with Crippen molar-refractivity contribution in [3.8, 4) is 5.75 Å². The number of carbonyl (C=O) groups is 2. The molecule has 36 heavy (non-hydrogen) atoms. The Balaban J connectivity index is 1.83. The van der Waals surface area contributed by atoms with Crippen LogP contribution in [0.15, 0.2) is 77.9 Å². The molecule has 0 atom stereocenters. The molecule has 0 saturated heterocycles. The highest BCUT2D eigenvalue weighted by Gasteiger charge is 2.48. The summed E-state index contributed by atoms with van der Waals surface area (Å²) in [7, 11) is -5.85. The summed E-state index contributed by atoms with van der Waals surface area (Å²) in [4.78, 5) is 24.4. The van der Waals surface area contributed by atoms with Gasteiger partial charge in [-0.15, -0.1) is 0 Å². The van der Waals surface area contributed by atoms with Gasteiger partial charge in [0.15, 0.2) is 0 Å². The second kappa shape index (κ2) is 11.0. The minimum atomic E-state index is -5.85. The lowest BCUT2D eigenvalue weighted by Crippen LogP contribution is -2.37. The van der Waals surface area contributed by atoms with Crippen molar-refractivity contribution in [3.63, 3.8) is 0 Å². The van der Waals surface area contributed by atoms with Crippen LogP contribution >= 0.6 is 23.2 Å². The van der Waals surface area contributed by atoms with Crippen LogP contribution < -0.4 is 14.9 Å². The summed E-state index contributed by atoms with van der Waals surface area (Å²) < 4.78 is 64.2. The molecule has 3 amide bonds. The summed E-state index contributed by atoms with van der Waals surface area (Å²) in [6.07, 6.45) is 0. The van der Waals surface area contributed by atoms with Crippen LogP contribution in [-0.4, -0.2) is 31.6 Å². The fourth-order valence-electron chi connectivity index (χ4n) is 2.66. The van der Waals surface area contributed by atoms with Crippen LogP contribution in [0.3, 0.4) is 0 Å². The van der Waals surface area contributed by atoms with E-state index in [-0.39, 0.29) is 16.8 Å². The number of imide groups is 1. The van der Waals surface area contributed by atoms with Gasteiger partial charge in [-0.2, -0.15) is 26.7 Å². The summed E-state index contributed by atoms with van der Waals surface area (Å²) >= 11 is 11.7. The average Bonchev–Trinajstić information content (AvgIpc) is 2.80. The Morgan fingerprint density at radius 2 is 1.22 bits per heavy atom. The number of amides is 3. The smallest absolute Gasteiger partial charge is 0.376 e. The first-order chi connectivity index (χ1) is 16.9. The SMILES string of the molecule is O=C(N/N=C(\c1ccc(Cl)cc1)c1ccc(OS(=O)(=O)C(F)(F)F)cc1)NC(=O)c1ccc(Cl)cc1. The van der Waals surface area contributed by atoms with Crippen molar-refractivity contribution in [2.24, 2.45) is 5.10 Å². The van der Waals surface area contributed by atoms with Crippen LogP contribution in [-0.2, 0) is 10.1 Å². The largest absolute Gasteiger partial charge is 0.534 e. The van der Waals surface area contributed by atoms with Crippen molar-refractivity contribution in [3.05, 3.63) is 99.5 Å². The number of urea groups is 1. The molecule has 0 saturated carbocycles. The van der Waals surface area contributed by atoms with Gasteiger partial charge in [-0.05, 0) is 60.7 Å². The van der Waals surface area contributed by atoms with Crippen LogP contribution in [0.4, 0.5) is 18.0 Å². The van der Waals surface area contributed by atoms with Crippen molar-refractivity contribution in [2.75, 3.05) is 0 Å². The van der Waals surface area contributed by atoms with Gasteiger partial charge in [0.25, 0.3) is 5.91 Å². The summed E-state index contributed by atoms with van der Waals surface area (Å²) in [6.45, 7) is 0. The third-order valence-corrected chi connectivity index (χ3v) is 5.82. The maximum absolute atomic E-state index is 12.6. The minimum absolute atomic E-state index is 0.117. The van der Waals surface area contributed by atoms with Crippen molar-refractivity contribution in [2.45, 2.75) is 5.51 Å². The molecule has 14 heteroatoms. The van der Waals surface area contributed by atoms with E-state index in [1.165, 1.54) is 48.5 Å². The van der Waals surface area contributed by atoms with Crippen molar-refractivity contribution in [1.29, 1.82) is 0 Å². The standard InChI is InChI=1S/C22H14Cl2F3N3O5S/c23-16-7-1-13(2-8-16)19(14-5-11-18(12-6-14)35-36(33,34)22(25,26)27)29-30-21(32)28-20(31)15-3-9-17(24)10-4-15/h1-12H,(H2,28,30,31,32)/b29-19+. The topological polar surface area (TPSA) is 114 Å². The number of benzene rings is 3. The van der Waals surface area contributed by atoms with Crippen LogP contribution in [0.5, 0.6) is 5.75 Å². The van der Waals surface area contributed by atoms with E-state index in [0.717, 1.165) is 12.1 Å². The Kier molecular flexibility index (Phi) is 8.23. The minimum Gasteiger partial charge on any atom is -0.376 e. The molecule has 0 bridgehead atoms. The molecule has 188 valence electrons. The molecule has 0 spiro atoms. The molecule has 8 nitrogen and oxygen atoms in total. The number of nitrogens with zero attached hydrogens (tertiary/aromatic N) is 1. The van der Waals surface area contributed by atoms with Crippen LogP contribution in [0.25, 0.3) is 0 Å². The second-order valence-corrected chi connectivity index (χ2v) is 9.29. The summed E-state index contributed by atoms with van der Waals surface area (Å²) in [6, 6.07) is 15.4. The summed E-state index contributed by atoms with van der Waals surface area (Å²) in [5, 5.41) is 6.88. The number of hydrogen-bond donors (Lipinski definition) is 2. The molecular weight excluding hydrogens is 546 g/mol. The van der Waals surface area contributed by atoms with Crippen molar-refractivity contribution in [1.82, 2.24) is 10.7 Å². The molecule has 0 radical (unpaired) electrons. The Morgan fingerprint density at radius 3 is 1.69 bits per heavy atom. The first kappa shape index (κ1) is 27.0. The Hall–Kier alpha value is -3.61. The highest BCUT2D eigenvalue weighted by atomic mass is 35.5. The second-order valence-electron chi connectivity index (χ2n) is 6.88. The maximum atomic E-state index is 12.6. The van der Waals surface area contributed by atoms with Gasteiger partial charge in [-0.1, -0.05) is 35.3 Å². The number of alkyl halides is 3. The predicted molar refractivity (Wildman–Crippen MR) is 127 cm³/mol. The molecule has 0 aliphatic carbocycles. The summed E-state index contributed by atoms with van der Waals surface area (Å²) in [5.74, 6) is -1.31. The zero-order chi connectivity index (χ0) is 26.5. The molecule has 2 N–H and O–H groups in total. The fraction of sp³-hybridized carbons (Fsp3) is 0.0455. The number of rotatable bonds is 6. The molecule has 0 fully saturated rings. The number of hydrogen-bond acceptors (Lipinski definition) is 6. The maximum Gasteiger partial charge on any atom is 0.534 e. The number of carbonyl (C=O) groups excluding carboxylic acids is 2. The molecule has 0 unspecified atom stereocenters. The van der Waals surface area contributed by atoms with E-state index >= 15 is 0 Å². The van der Waals surface area contributed by atoms with Gasteiger partial charge in [0, 0.05) is 26.7 Å². The lowest BCUT2D eigenvalue weighted by molar-refractivity contribution is -0.0500. The molecule has 0 aliphatic rings. The Labute approximate surface area is 212 Å². The lowest BCUT2D eigenvalue weighted by Gasteiger charge is -2.11. The summed E-state index contributed by atoms with van der Waals surface area (Å²) in [5.41, 5.74) is -2.46. The first-order valence-electron chi connectivity index (χ1n) is 9.67. The zero-order valence-electron chi connectivity index (χ0n) is 17.7. The number of halogens is 5. The highest BCUT2D eigenvalue weighted by molar-refractivity contribution is 7.88. The zero-order valence-corrected chi connectivity index (χ0v) is 20.0. The van der Waals surface area contributed by atoms with Gasteiger partial charge < -0.3 is 4.18 Å². The number of hydrazone groups is 1. The Morgan fingerprint density at radius 1 is 0.778 bits per heavy atom. The van der Waals surface area contributed by atoms with E-state index < -0.39 is 33.3 Å². The van der Waals surface area contributed by atoms with Gasteiger partial charge >= 0.3 is 21.7 Å². The number of nitrogens with one attached hydrogen (secondary N) is 2. The predicted octanol–water partition coefficient (Wildman–Crippen LogP) is 5.11. The van der Waals surface area contributed by atoms with E-state index in [9.17, 15) is 31.2 Å². The van der Waals surface area contributed by atoms with E-state index in [2.05, 4.69) is 20.0 Å². The molecule has 0 heterocycles. The monoisotopic (exact) mass is 559 g/mol. The fourth-order valence-corrected chi connectivity index (χ4v) is 3.37.